The largest absolute Gasteiger partial charge is 0.508 e. The number of hydrogen-bond acceptors (Lipinski definition) is 5. The summed E-state index contributed by atoms with van der Waals surface area (Å²) in [6, 6.07) is 6.55. The van der Waals surface area contributed by atoms with Crippen molar-refractivity contribution < 1.29 is 10.0 Å². The van der Waals surface area contributed by atoms with Crippen LogP contribution in [0.1, 0.15) is 18.5 Å². The third-order valence-electron chi connectivity index (χ3n) is 2.81. The van der Waals surface area contributed by atoms with Gasteiger partial charge in [0, 0.05) is 7.05 Å². The average Bonchev–Trinajstić information content (AvgIpc) is 2.71. The number of nitrogens with zero attached hydrogens (tertiary/aromatic N) is 3. The highest BCUT2D eigenvalue weighted by molar-refractivity contribution is 5.53. The van der Waals surface area contributed by atoms with Crippen LogP contribution in [0.25, 0.3) is 0 Å². The van der Waals surface area contributed by atoms with Crippen LogP contribution in [0.15, 0.2) is 30.6 Å². The fourth-order valence-electron chi connectivity index (χ4n) is 1.80. The Hall–Kier alpha value is -2.57. The third-order valence-corrected chi connectivity index (χ3v) is 2.81. The Morgan fingerprint density at radius 3 is 2.89 bits per heavy atom. The molecule has 1 atom stereocenters. The fraction of sp³-hybridized carbons (Fsp3) is 0.250. The van der Waals surface area contributed by atoms with E-state index in [-0.39, 0.29) is 17.6 Å². The number of phenols is 1. The van der Waals surface area contributed by atoms with Gasteiger partial charge in [0.05, 0.1) is 6.04 Å². The Morgan fingerprint density at radius 1 is 1.53 bits per heavy atom. The molecule has 0 radical (unpaired) electrons. The zero-order chi connectivity index (χ0) is 14.0. The van der Waals surface area contributed by atoms with E-state index in [9.17, 15) is 15.2 Å². The van der Waals surface area contributed by atoms with Crippen molar-refractivity contribution in [2.45, 2.75) is 13.0 Å². The van der Waals surface area contributed by atoms with Crippen molar-refractivity contribution in [3.05, 3.63) is 46.3 Å². The summed E-state index contributed by atoms with van der Waals surface area (Å²) in [5.74, 6) is 0.279. The quantitative estimate of drug-likeness (QED) is 0.650. The summed E-state index contributed by atoms with van der Waals surface area (Å²) in [5.41, 5.74) is 0.829. The second kappa shape index (κ2) is 4.97. The molecule has 0 saturated carbocycles. The van der Waals surface area contributed by atoms with Gasteiger partial charge in [-0.05, 0) is 34.5 Å². The molecule has 7 nitrogen and oxygen atoms in total. The first-order valence-corrected chi connectivity index (χ1v) is 5.70. The van der Waals surface area contributed by atoms with Crippen LogP contribution in [0.4, 0.5) is 11.6 Å². The molecule has 100 valence electrons. The Kier molecular flexibility index (Phi) is 3.37. The van der Waals surface area contributed by atoms with Gasteiger partial charge in [0.15, 0.2) is 0 Å². The van der Waals surface area contributed by atoms with E-state index < -0.39 is 4.92 Å². The minimum atomic E-state index is -0.530. The molecule has 1 aromatic carbocycles. The minimum absolute atomic E-state index is 0.158. The number of anilines is 1. The van der Waals surface area contributed by atoms with Crippen molar-refractivity contribution >= 4 is 11.6 Å². The summed E-state index contributed by atoms with van der Waals surface area (Å²) in [6.45, 7) is 1.85. The van der Waals surface area contributed by atoms with Crippen molar-refractivity contribution in [2.24, 2.45) is 7.05 Å². The van der Waals surface area contributed by atoms with Crippen molar-refractivity contribution in [3.63, 3.8) is 0 Å². The van der Waals surface area contributed by atoms with Crippen molar-refractivity contribution in [1.82, 2.24) is 9.55 Å². The Morgan fingerprint density at radius 2 is 2.26 bits per heavy atom. The maximum absolute atomic E-state index is 10.9. The highest BCUT2D eigenvalue weighted by Crippen LogP contribution is 2.27. The van der Waals surface area contributed by atoms with Crippen molar-refractivity contribution in [1.29, 1.82) is 0 Å². The number of nitro groups is 1. The van der Waals surface area contributed by atoms with Crippen LogP contribution in [-0.2, 0) is 7.05 Å². The number of benzene rings is 1. The van der Waals surface area contributed by atoms with E-state index in [0.29, 0.717) is 5.82 Å². The standard InChI is InChI=1S/C12H14N4O3/c1-8(9-4-3-5-10(17)6-9)14-12-11(16(18)19)13-7-15(12)2/h3-8,14,17H,1-2H3/t8-/m0/s1. The third kappa shape index (κ3) is 2.65. The lowest BCUT2D eigenvalue weighted by molar-refractivity contribution is -0.388. The molecule has 0 fully saturated rings. The summed E-state index contributed by atoms with van der Waals surface area (Å²) in [7, 11) is 1.68. The molecule has 1 aromatic heterocycles. The zero-order valence-electron chi connectivity index (χ0n) is 10.6. The molecule has 2 rings (SSSR count). The summed E-state index contributed by atoms with van der Waals surface area (Å²) in [6.07, 6.45) is 1.38. The average molecular weight is 262 g/mol. The first-order chi connectivity index (χ1) is 8.99. The maximum atomic E-state index is 10.9. The molecule has 0 aliphatic heterocycles. The molecule has 0 aliphatic carbocycles. The number of aromatic hydroxyl groups is 1. The molecule has 0 spiro atoms. The summed E-state index contributed by atoms with van der Waals surface area (Å²) in [5, 5.41) is 23.3. The van der Waals surface area contributed by atoms with Gasteiger partial charge in [-0.3, -0.25) is 4.57 Å². The smallest absolute Gasteiger partial charge is 0.406 e. The SMILES string of the molecule is C[C@H](Nc1c([N+](=O)[O-])ncn1C)c1cccc(O)c1. The van der Waals surface area contributed by atoms with Crippen LogP contribution in [0.2, 0.25) is 0 Å². The van der Waals surface area contributed by atoms with Crippen LogP contribution in [-0.4, -0.2) is 19.6 Å². The van der Waals surface area contributed by atoms with Crippen LogP contribution < -0.4 is 5.32 Å². The van der Waals surface area contributed by atoms with Gasteiger partial charge in [-0.1, -0.05) is 12.1 Å². The summed E-state index contributed by atoms with van der Waals surface area (Å²) < 4.78 is 1.55. The molecule has 0 bridgehead atoms. The molecule has 0 aliphatic rings. The Bertz CT molecular complexity index is 609. The highest BCUT2D eigenvalue weighted by Gasteiger charge is 2.21. The topological polar surface area (TPSA) is 93.2 Å². The molecule has 1 heterocycles. The van der Waals surface area contributed by atoms with Crippen LogP contribution >= 0.6 is 0 Å². The molecule has 0 unspecified atom stereocenters. The van der Waals surface area contributed by atoms with Gasteiger partial charge in [0.25, 0.3) is 0 Å². The lowest BCUT2D eigenvalue weighted by atomic mass is 10.1. The predicted molar refractivity (Wildman–Crippen MR) is 70.0 cm³/mol. The monoisotopic (exact) mass is 262 g/mol. The summed E-state index contributed by atoms with van der Waals surface area (Å²) in [4.78, 5) is 14.1. The number of nitrogens with one attached hydrogen (secondary N) is 1. The predicted octanol–water partition coefficient (Wildman–Crippen LogP) is 2.21. The second-order valence-corrected chi connectivity index (χ2v) is 4.25. The van der Waals surface area contributed by atoms with Gasteiger partial charge in [-0.15, -0.1) is 0 Å². The number of hydrogen-bond donors (Lipinski definition) is 2. The fourth-order valence-corrected chi connectivity index (χ4v) is 1.80. The second-order valence-electron chi connectivity index (χ2n) is 4.25. The molecule has 7 heteroatoms. The van der Waals surface area contributed by atoms with E-state index in [2.05, 4.69) is 10.3 Å². The first-order valence-electron chi connectivity index (χ1n) is 5.70. The van der Waals surface area contributed by atoms with E-state index in [0.717, 1.165) is 5.56 Å². The van der Waals surface area contributed by atoms with Crippen molar-refractivity contribution in [2.75, 3.05) is 5.32 Å². The Labute approximate surface area is 109 Å². The van der Waals surface area contributed by atoms with Crippen LogP contribution in [0.5, 0.6) is 5.75 Å². The molecule has 19 heavy (non-hydrogen) atoms. The molecule has 2 N–H and O–H groups in total. The van der Waals surface area contributed by atoms with Crippen LogP contribution in [0, 0.1) is 10.1 Å². The zero-order valence-corrected chi connectivity index (χ0v) is 10.6. The normalized spacial score (nSPS) is 12.1. The molecule has 0 amide bonds. The van der Waals surface area contributed by atoms with E-state index in [1.165, 1.54) is 6.33 Å². The van der Waals surface area contributed by atoms with Gasteiger partial charge in [-0.2, -0.15) is 0 Å². The number of aryl methyl sites for hydroxylation is 1. The molecular formula is C12H14N4O3. The van der Waals surface area contributed by atoms with E-state index >= 15 is 0 Å². The molecule has 2 aromatic rings. The number of rotatable bonds is 4. The van der Waals surface area contributed by atoms with Gasteiger partial charge in [-0.25, -0.2) is 0 Å². The summed E-state index contributed by atoms with van der Waals surface area (Å²) >= 11 is 0. The van der Waals surface area contributed by atoms with Gasteiger partial charge >= 0.3 is 5.82 Å². The van der Waals surface area contributed by atoms with Crippen molar-refractivity contribution in [3.8, 4) is 5.75 Å². The van der Waals surface area contributed by atoms with E-state index in [1.54, 1.807) is 29.8 Å². The van der Waals surface area contributed by atoms with Gasteiger partial charge in [0.2, 0.25) is 12.1 Å². The minimum Gasteiger partial charge on any atom is -0.508 e. The van der Waals surface area contributed by atoms with Crippen LogP contribution in [0.3, 0.4) is 0 Å². The van der Waals surface area contributed by atoms with E-state index in [4.69, 9.17) is 0 Å². The lowest BCUT2D eigenvalue weighted by Gasteiger charge is -2.15. The molecular weight excluding hydrogens is 248 g/mol. The van der Waals surface area contributed by atoms with Gasteiger partial charge in [0.1, 0.15) is 5.75 Å². The number of aromatic nitrogens is 2. The lowest BCUT2D eigenvalue weighted by Crippen LogP contribution is -2.10. The highest BCUT2D eigenvalue weighted by atomic mass is 16.6. The molecule has 0 saturated heterocycles. The number of imidazole rings is 1. The van der Waals surface area contributed by atoms with E-state index in [1.807, 2.05) is 13.0 Å². The van der Waals surface area contributed by atoms with Gasteiger partial charge < -0.3 is 20.5 Å². The Balaban J connectivity index is 2.26. The first kappa shape index (κ1) is 12.9. The number of phenolic OH excluding ortho intramolecular Hbond substituents is 1. The maximum Gasteiger partial charge on any atom is 0.406 e.